The second kappa shape index (κ2) is 5.38. The van der Waals surface area contributed by atoms with Gasteiger partial charge in [-0.05, 0) is 31.9 Å². The van der Waals surface area contributed by atoms with Gasteiger partial charge in [0.2, 0.25) is 0 Å². The first kappa shape index (κ1) is 13.5. The van der Waals surface area contributed by atoms with E-state index >= 15 is 0 Å². The van der Waals surface area contributed by atoms with Crippen LogP contribution in [0.2, 0.25) is 0 Å². The molecule has 5 nitrogen and oxygen atoms in total. The van der Waals surface area contributed by atoms with Crippen LogP contribution in [-0.4, -0.2) is 52.1 Å². The number of nitrogens with zero attached hydrogens (tertiary/aromatic N) is 1. The Morgan fingerprint density at radius 1 is 1.44 bits per heavy atom. The van der Waals surface area contributed by atoms with Gasteiger partial charge in [-0.3, -0.25) is 4.79 Å². The number of carbonyl (C=O) groups excluding carboxylic acids is 1. The highest BCUT2D eigenvalue weighted by Crippen LogP contribution is 2.46. The Morgan fingerprint density at radius 2 is 2.11 bits per heavy atom. The molecule has 6 heteroatoms. The van der Waals surface area contributed by atoms with Gasteiger partial charge in [-0.25, -0.2) is 4.79 Å². The minimum absolute atomic E-state index is 0.0254. The van der Waals surface area contributed by atoms with Crippen molar-refractivity contribution < 1.29 is 14.7 Å². The van der Waals surface area contributed by atoms with Gasteiger partial charge in [-0.2, -0.15) is 11.8 Å². The summed E-state index contributed by atoms with van der Waals surface area (Å²) in [5.41, 5.74) is 0. The van der Waals surface area contributed by atoms with Crippen LogP contribution < -0.4 is 5.32 Å². The lowest BCUT2D eigenvalue weighted by molar-refractivity contribution is -0.137. The highest BCUT2D eigenvalue weighted by Gasteiger charge is 2.42. The fourth-order valence-electron chi connectivity index (χ4n) is 1.98. The molecule has 0 aromatic carbocycles. The molecule has 2 fully saturated rings. The Morgan fingerprint density at radius 3 is 2.56 bits per heavy atom. The van der Waals surface area contributed by atoms with E-state index in [1.807, 2.05) is 0 Å². The molecule has 0 unspecified atom stereocenters. The Bertz CT molecular complexity index is 340. The zero-order valence-electron chi connectivity index (χ0n) is 10.6. The van der Waals surface area contributed by atoms with Crippen molar-refractivity contribution in [1.82, 2.24) is 10.2 Å². The van der Waals surface area contributed by atoms with Crippen molar-refractivity contribution >= 4 is 23.8 Å². The first-order chi connectivity index (χ1) is 8.56. The summed E-state index contributed by atoms with van der Waals surface area (Å²) in [5.74, 6) is -0.851. The smallest absolute Gasteiger partial charge is 0.317 e. The van der Waals surface area contributed by atoms with Crippen molar-refractivity contribution in [3.05, 3.63) is 0 Å². The summed E-state index contributed by atoms with van der Waals surface area (Å²) in [6.45, 7) is 1.02. The number of amides is 2. The van der Waals surface area contributed by atoms with E-state index in [4.69, 9.17) is 5.11 Å². The van der Waals surface area contributed by atoms with Crippen LogP contribution in [0.15, 0.2) is 0 Å². The SMILES string of the molecule is CSC1(CNC(=O)N(CCC(=O)O)C2CC2)CC1. The van der Waals surface area contributed by atoms with E-state index in [0.717, 1.165) is 25.7 Å². The molecule has 102 valence electrons. The first-order valence-electron chi connectivity index (χ1n) is 6.38. The molecule has 0 aromatic rings. The van der Waals surface area contributed by atoms with E-state index < -0.39 is 5.97 Å². The molecule has 0 aliphatic heterocycles. The lowest BCUT2D eigenvalue weighted by Crippen LogP contribution is -2.44. The molecule has 0 aromatic heterocycles. The number of nitrogens with one attached hydrogen (secondary N) is 1. The van der Waals surface area contributed by atoms with E-state index in [1.165, 1.54) is 0 Å². The summed E-state index contributed by atoms with van der Waals surface area (Å²) in [7, 11) is 0. The highest BCUT2D eigenvalue weighted by molar-refractivity contribution is 8.00. The molecule has 18 heavy (non-hydrogen) atoms. The van der Waals surface area contributed by atoms with Crippen LogP contribution in [-0.2, 0) is 4.79 Å². The largest absolute Gasteiger partial charge is 0.481 e. The number of hydrogen-bond donors (Lipinski definition) is 2. The lowest BCUT2D eigenvalue weighted by atomic mass is 10.3. The van der Waals surface area contributed by atoms with E-state index in [9.17, 15) is 9.59 Å². The topological polar surface area (TPSA) is 69.6 Å². The van der Waals surface area contributed by atoms with Gasteiger partial charge in [-0.1, -0.05) is 0 Å². The second-order valence-corrected chi connectivity index (χ2v) is 6.39. The van der Waals surface area contributed by atoms with Crippen LogP contribution in [0.1, 0.15) is 32.1 Å². The summed E-state index contributed by atoms with van der Waals surface area (Å²) in [4.78, 5) is 24.3. The standard InChI is InChI=1S/C12H20N2O3S/c1-18-12(5-6-12)8-13-11(17)14(9-2-3-9)7-4-10(15)16/h9H,2-8H2,1H3,(H,13,17)(H,15,16). The molecule has 2 aliphatic carbocycles. The predicted molar refractivity (Wildman–Crippen MR) is 70.9 cm³/mol. The van der Waals surface area contributed by atoms with Crippen LogP contribution >= 0.6 is 11.8 Å². The lowest BCUT2D eigenvalue weighted by Gasteiger charge is -2.23. The summed E-state index contributed by atoms with van der Waals surface area (Å²) < 4.78 is 0.248. The fourth-order valence-corrected chi connectivity index (χ4v) is 2.71. The van der Waals surface area contributed by atoms with Crippen LogP contribution in [0.3, 0.4) is 0 Å². The third-order valence-corrected chi connectivity index (χ3v) is 5.04. The summed E-state index contributed by atoms with van der Waals surface area (Å²) >= 11 is 1.81. The van der Waals surface area contributed by atoms with Gasteiger partial charge in [0.1, 0.15) is 0 Å². The molecule has 2 aliphatic rings. The molecule has 2 saturated carbocycles. The van der Waals surface area contributed by atoms with Gasteiger partial charge in [0.05, 0.1) is 6.42 Å². The Labute approximate surface area is 111 Å². The monoisotopic (exact) mass is 272 g/mol. The zero-order valence-corrected chi connectivity index (χ0v) is 11.5. The van der Waals surface area contributed by atoms with Crippen molar-refractivity contribution in [2.24, 2.45) is 0 Å². The number of aliphatic carboxylic acids is 1. The molecule has 0 atom stereocenters. The van der Waals surface area contributed by atoms with Crippen LogP contribution in [0.25, 0.3) is 0 Å². The Hall–Kier alpha value is -0.910. The third kappa shape index (κ3) is 3.54. The molecular weight excluding hydrogens is 252 g/mol. The van der Waals surface area contributed by atoms with Gasteiger partial charge >= 0.3 is 12.0 Å². The average molecular weight is 272 g/mol. The highest BCUT2D eigenvalue weighted by atomic mass is 32.2. The third-order valence-electron chi connectivity index (χ3n) is 3.62. The van der Waals surface area contributed by atoms with Gasteiger partial charge < -0.3 is 15.3 Å². The Kier molecular flexibility index (Phi) is 4.04. The van der Waals surface area contributed by atoms with Crippen LogP contribution in [0.5, 0.6) is 0 Å². The molecule has 2 rings (SSSR count). The van der Waals surface area contributed by atoms with Gasteiger partial charge in [0, 0.05) is 23.9 Å². The minimum Gasteiger partial charge on any atom is -0.481 e. The molecule has 2 N–H and O–H groups in total. The number of rotatable bonds is 7. The summed E-state index contributed by atoms with van der Waals surface area (Å²) in [5, 5.41) is 11.6. The molecular formula is C12H20N2O3S. The summed E-state index contributed by atoms with van der Waals surface area (Å²) in [6.07, 6.45) is 6.42. The average Bonchev–Trinajstić information content (AvgIpc) is 3.21. The molecule has 2 amide bonds. The van der Waals surface area contributed by atoms with Gasteiger partial charge in [0.25, 0.3) is 0 Å². The molecule has 0 heterocycles. The van der Waals surface area contributed by atoms with Crippen molar-refractivity contribution in [2.75, 3.05) is 19.3 Å². The van der Waals surface area contributed by atoms with Crippen molar-refractivity contribution in [2.45, 2.75) is 42.9 Å². The summed E-state index contributed by atoms with van der Waals surface area (Å²) in [6, 6.07) is 0.160. The van der Waals surface area contributed by atoms with Crippen molar-refractivity contribution in [1.29, 1.82) is 0 Å². The molecule has 0 bridgehead atoms. The van der Waals surface area contributed by atoms with Crippen molar-refractivity contribution in [3.8, 4) is 0 Å². The predicted octanol–water partition coefficient (Wildman–Crippen LogP) is 1.53. The number of carboxylic acids is 1. The van der Waals surface area contributed by atoms with Crippen LogP contribution in [0, 0.1) is 0 Å². The maximum absolute atomic E-state index is 12.0. The normalized spacial score (nSPS) is 20.3. The maximum Gasteiger partial charge on any atom is 0.317 e. The Balaban J connectivity index is 1.78. The number of urea groups is 1. The minimum atomic E-state index is -0.851. The number of carboxylic acid groups (broad SMARTS) is 1. The second-order valence-electron chi connectivity index (χ2n) is 5.11. The molecule has 0 saturated heterocycles. The maximum atomic E-state index is 12.0. The van der Waals surface area contributed by atoms with E-state index in [1.54, 1.807) is 16.7 Å². The van der Waals surface area contributed by atoms with E-state index in [-0.39, 0.29) is 23.2 Å². The zero-order chi connectivity index (χ0) is 13.2. The quantitative estimate of drug-likeness (QED) is 0.737. The van der Waals surface area contributed by atoms with Crippen LogP contribution in [0.4, 0.5) is 4.79 Å². The first-order valence-corrected chi connectivity index (χ1v) is 7.60. The van der Waals surface area contributed by atoms with Gasteiger partial charge in [-0.15, -0.1) is 0 Å². The number of carbonyl (C=O) groups is 2. The molecule has 0 radical (unpaired) electrons. The van der Waals surface area contributed by atoms with E-state index in [2.05, 4.69) is 11.6 Å². The molecule has 0 spiro atoms. The number of hydrogen-bond acceptors (Lipinski definition) is 3. The fraction of sp³-hybridized carbons (Fsp3) is 0.833. The van der Waals surface area contributed by atoms with Gasteiger partial charge in [0.15, 0.2) is 0 Å². The van der Waals surface area contributed by atoms with Crippen molar-refractivity contribution in [3.63, 3.8) is 0 Å². The van der Waals surface area contributed by atoms with E-state index in [0.29, 0.717) is 13.1 Å². The number of thioether (sulfide) groups is 1.